The first-order valence-electron chi connectivity index (χ1n) is 5.79. The number of carbonyl (C=O) groups is 1. The highest BCUT2D eigenvalue weighted by Gasteiger charge is 2.08. The first kappa shape index (κ1) is 24.9. The second-order valence-electron chi connectivity index (χ2n) is 4.83. The molecule has 0 heterocycles. The number of likely N-dealkylation sites (N-methyl/N-ethyl adjacent to an activating group) is 1. The summed E-state index contributed by atoms with van der Waals surface area (Å²) in [5.41, 5.74) is 0. The van der Waals surface area contributed by atoms with Crippen LogP contribution in [-0.4, -0.2) is 76.9 Å². The van der Waals surface area contributed by atoms with Gasteiger partial charge in [0, 0.05) is 13.5 Å². The van der Waals surface area contributed by atoms with Crippen LogP contribution in [0.15, 0.2) is 12.7 Å². The lowest BCUT2D eigenvalue weighted by Gasteiger charge is -2.24. The van der Waals surface area contributed by atoms with Crippen molar-refractivity contribution in [2.24, 2.45) is 0 Å². The average Bonchev–Trinajstić information content (AvgIpc) is 2.32. The summed E-state index contributed by atoms with van der Waals surface area (Å²) >= 11 is 0. The summed E-state index contributed by atoms with van der Waals surface area (Å²) in [5.74, 6) is -0.213. The fourth-order valence-corrected chi connectivity index (χ4v) is 0.933. The molecule has 0 atom stereocenters. The predicted molar refractivity (Wildman–Crippen MR) is 80.0 cm³/mol. The van der Waals surface area contributed by atoms with Gasteiger partial charge < -0.3 is 10.6 Å². The van der Waals surface area contributed by atoms with Gasteiger partial charge in [0.25, 0.3) is 5.91 Å². The largest absolute Gasteiger partial charge is 0.397 e. The van der Waals surface area contributed by atoms with Crippen molar-refractivity contribution in [3.63, 3.8) is 0 Å². The van der Waals surface area contributed by atoms with E-state index in [0.717, 1.165) is 24.6 Å². The monoisotopic (exact) mass is 330 g/mol. The molecule has 0 saturated heterocycles. The van der Waals surface area contributed by atoms with Crippen molar-refractivity contribution in [1.82, 2.24) is 11.2 Å². The zero-order valence-electron chi connectivity index (χ0n) is 13.4. The van der Waals surface area contributed by atoms with Gasteiger partial charge in [0.05, 0.1) is 41.4 Å². The molecule has 10 heteroatoms. The van der Waals surface area contributed by atoms with Crippen LogP contribution in [0.1, 0.15) is 6.42 Å². The molecule has 0 unspecified atom stereocenters. The molecule has 0 bridgehead atoms. The minimum atomic E-state index is -4.16. The zero-order chi connectivity index (χ0) is 16.4. The highest BCUT2D eigenvalue weighted by atomic mass is 32.3. The van der Waals surface area contributed by atoms with Crippen LogP contribution in [0, 0.1) is 0 Å². The molecule has 128 valence electrons. The Morgan fingerprint density at radius 3 is 2.10 bits per heavy atom. The van der Waals surface area contributed by atoms with Crippen molar-refractivity contribution in [3.8, 4) is 0 Å². The Morgan fingerprint density at radius 2 is 1.81 bits per heavy atom. The maximum atomic E-state index is 11.0. The molecular weight excluding hydrogens is 302 g/mol. The molecule has 0 fully saturated rings. The summed E-state index contributed by atoms with van der Waals surface area (Å²) in [6, 6.07) is 0. The van der Waals surface area contributed by atoms with Crippen LogP contribution in [0.2, 0.25) is 0 Å². The van der Waals surface area contributed by atoms with Crippen LogP contribution in [-0.2, 0) is 24.2 Å². The van der Waals surface area contributed by atoms with Crippen LogP contribution >= 0.6 is 0 Å². The molecule has 9 nitrogen and oxygen atoms in total. The zero-order valence-corrected chi connectivity index (χ0v) is 14.2. The Kier molecular flexibility index (Phi) is 13.8. The molecule has 0 radical (unpaired) electrons. The number of hydrogen-bond donors (Lipinski definition) is 2. The Morgan fingerprint density at radius 1 is 1.38 bits per heavy atom. The minimum absolute atomic E-state index is 0. The highest BCUT2D eigenvalue weighted by molar-refractivity contribution is 7.80. The SMILES string of the molecule is C=CC(=O)N(C)OCCC[N+](C)(C)C.COS(=O)(=O)O.N. The molecular formula is C11H28N3O6S+. The third kappa shape index (κ3) is 21.4. The molecule has 0 aromatic carbocycles. The predicted octanol–water partition coefficient (Wildman–Crippen LogP) is 0.256. The van der Waals surface area contributed by atoms with E-state index in [1.807, 2.05) is 0 Å². The van der Waals surface area contributed by atoms with E-state index in [4.69, 9.17) is 9.39 Å². The normalized spacial score (nSPS) is 10.8. The molecule has 1 amide bonds. The molecule has 0 aromatic rings. The van der Waals surface area contributed by atoms with Gasteiger partial charge in [-0.05, 0) is 6.08 Å². The Hall–Kier alpha value is -1.04. The van der Waals surface area contributed by atoms with Crippen LogP contribution in [0.5, 0.6) is 0 Å². The van der Waals surface area contributed by atoms with Crippen LogP contribution in [0.4, 0.5) is 0 Å². The van der Waals surface area contributed by atoms with Crippen molar-refractivity contribution >= 4 is 16.3 Å². The van der Waals surface area contributed by atoms with E-state index in [1.165, 1.54) is 11.1 Å². The molecule has 0 saturated carbocycles. The molecule has 0 aliphatic rings. The van der Waals surface area contributed by atoms with Gasteiger partial charge in [0.2, 0.25) is 0 Å². The van der Waals surface area contributed by atoms with Gasteiger partial charge in [-0.3, -0.25) is 18.4 Å². The van der Waals surface area contributed by atoms with Gasteiger partial charge in [-0.1, -0.05) is 6.58 Å². The standard InChI is InChI=1S/C10H21N2O2.CH4O4S.H3N/c1-6-10(13)11(2)14-9-7-8-12(3,4)5;1-5-6(2,3)4;/h6H,1,7-9H2,2-5H3;1H3,(H,2,3,4);1H3/q+1;;. The lowest BCUT2D eigenvalue weighted by atomic mass is 10.4. The Balaban J connectivity index is -0.000000394. The van der Waals surface area contributed by atoms with Gasteiger partial charge in [-0.25, -0.2) is 5.06 Å². The van der Waals surface area contributed by atoms with Crippen LogP contribution < -0.4 is 6.15 Å². The van der Waals surface area contributed by atoms with Gasteiger partial charge in [0.15, 0.2) is 0 Å². The maximum Gasteiger partial charge on any atom is 0.397 e. The molecule has 0 spiro atoms. The van der Waals surface area contributed by atoms with Gasteiger partial charge in [0.1, 0.15) is 0 Å². The second-order valence-corrected chi connectivity index (χ2v) is 6.02. The van der Waals surface area contributed by atoms with E-state index in [1.54, 1.807) is 7.05 Å². The lowest BCUT2D eigenvalue weighted by Crippen LogP contribution is -2.36. The summed E-state index contributed by atoms with van der Waals surface area (Å²) in [7, 11) is 4.67. The van der Waals surface area contributed by atoms with E-state index < -0.39 is 10.4 Å². The quantitative estimate of drug-likeness (QED) is 0.225. The van der Waals surface area contributed by atoms with Crippen molar-refractivity contribution < 1.29 is 31.3 Å². The molecule has 0 rings (SSSR count). The number of amides is 1. The van der Waals surface area contributed by atoms with Gasteiger partial charge >= 0.3 is 10.4 Å². The smallest absolute Gasteiger partial charge is 0.344 e. The number of nitrogens with zero attached hydrogens (tertiary/aromatic N) is 2. The topological polar surface area (TPSA) is 128 Å². The molecule has 21 heavy (non-hydrogen) atoms. The van der Waals surface area contributed by atoms with Crippen molar-refractivity contribution in [1.29, 1.82) is 0 Å². The van der Waals surface area contributed by atoms with E-state index in [2.05, 4.69) is 31.9 Å². The lowest BCUT2D eigenvalue weighted by molar-refractivity contribution is -0.870. The summed E-state index contributed by atoms with van der Waals surface area (Å²) in [5, 5.41) is 1.21. The number of hydroxylamine groups is 2. The van der Waals surface area contributed by atoms with Crippen molar-refractivity contribution in [2.45, 2.75) is 6.42 Å². The third-order valence-electron chi connectivity index (χ3n) is 1.95. The summed E-state index contributed by atoms with van der Waals surface area (Å²) in [4.78, 5) is 16.2. The summed E-state index contributed by atoms with van der Waals surface area (Å²) < 4.78 is 30.6. The second kappa shape index (κ2) is 11.6. The van der Waals surface area contributed by atoms with Gasteiger partial charge in [-0.15, -0.1) is 0 Å². The number of carbonyl (C=O) groups excluding carboxylic acids is 1. The van der Waals surface area contributed by atoms with E-state index in [0.29, 0.717) is 6.61 Å². The molecule has 0 aromatic heterocycles. The van der Waals surface area contributed by atoms with Crippen LogP contribution in [0.25, 0.3) is 0 Å². The van der Waals surface area contributed by atoms with Crippen molar-refractivity contribution in [2.75, 3.05) is 48.5 Å². The average molecular weight is 330 g/mol. The van der Waals surface area contributed by atoms with Crippen LogP contribution in [0.3, 0.4) is 0 Å². The first-order chi connectivity index (χ1) is 8.93. The summed E-state index contributed by atoms with van der Waals surface area (Å²) in [6.07, 6.45) is 2.16. The maximum absolute atomic E-state index is 11.0. The number of hydrogen-bond acceptors (Lipinski definition) is 6. The van der Waals surface area contributed by atoms with Gasteiger partial charge in [-0.2, -0.15) is 8.42 Å². The molecule has 0 aliphatic carbocycles. The number of rotatable bonds is 7. The Bertz CT molecular complexity index is 391. The van der Waals surface area contributed by atoms with Crippen molar-refractivity contribution in [3.05, 3.63) is 12.7 Å². The molecule has 0 aliphatic heterocycles. The Labute approximate surface area is 127 Å². The summed E-state index contributed by atoms with van der Waals surface area (Å²) in [6.45, 7) is 4.96. The minimum Gasteiger partial charge on any atom is -0.344 e. The molecule has 4 N–H and O–H groups in total. The third-order valence-corrected chi connectivity index (χ3v) is 2.38. The first-order valence-corrected chi connectivity index (χ1v) is 7.16. The fourth-order valence-electron chi connectivity index (χ4n) is 0.933. The highest BCUT2D eigenvalue weighted by Crippen LogP contribution is 1.96. The number of quaternary nitrogens is 1. The van der Waals surface area contributed by atoms with E-state index in [-0.39, 0.29) is 12.1 Å². The van der Waals surface area contributed by atoms with E-state index in [9.17, 15) is 13.2 Å². The fraction of sp³-hybridized carbons (Fsp3) is 0.727. The van der Waals surface area contributed by atoms with E-state index >= 15 is 0 Å².